The number of ether oxygens (including phenoxy) is 2. The molecule has 0 radical (unpaired) electrons. The van der Waals surface area contributed by atoms with E-state index in [9.17, 15) is 14.4 Å². The first-order valence-electron chi connectivity index (χ1n) is 12.9. The second-order valence-electron chi connectivity index (χ2n) is 9.10. The number of hydrogen-bond acceptors (Lipinski definition) is 5. The summed E-state index contributed by atoms with van der Waals surface area (Å²) in [6.45, 7) is 1.95. The third-order valence-corrected chi connectivity index (χ3v) is 6.16. The molecule has 2 amide bonds. The third-order valence-electron chi connectivity index (χ3n) is 6.16. The van der Waals surface area contributed by atoms with Crippen molar-refractivity contribution < 1.29 is 23.9 Å². The van der Waals surface area contributed by atoms with Gasteiger partial charge in [0.05, 0.1) is 14.2 Å². The molecule has 2 N–H and O–H groups in total. The number of ketones is 1. The van der Waals surface area contributed by atoms with Gasteiger partial charge < -0.3 is 20.1 Å². The minimum absolute atomic E-state index is 0.0831. The summed E-state index contributed by atoms with van der Waals surface area (Å²) in [4.78, 5) is 38.9. The lowest BCUT2D eigenvalue weighted by Crippen LogP contribution is -2.30. The number of rotatable bonds is 10. The van der Waals surface area contributed by atoms with Crippen LogP contribution in [0.15, 0.2) is 109 Å². The summed E-state index contributed by atoms with van der Waals surface area (Å²) in [6.07, 6.45) is 4.74. The van der Waals surface area contributed by atoms with Gasteiger partial charge in [0.25, 0.3) is 11.8 Å². The highest BCUT2D eigenvalue weighted by molar-refractivity contribution is 6.11. The van der Waals surface area contributed by atoms with Crippen molar-refractivity contribution in [1.82, 2.24) is 5.32 Å². The van der Waals surface area contributed by atoms with E-state index in [1.807, 2.05) is 49.4 Å². The van der Waals surface area contributed by atoms with Crippen molar-refractivity contribution in [2.45, 2.75) is 6.92 Å². The maximum absolute atomic E-state index is 13.3. The van der Waals surface area contributed by atoms with E-state index in [0.29, 0.717) is 33.9 Å². The summed E-state index contributed by atoms with van der Waals surface area (Å²) in [6, 6.07) is 28.2. The Morgan fingerprint density at radius 1 is 0.756 bits per heavy atom. The van der Waals surface area contributed by atoms with E-state index < -0.39 is 11.8 Å². The molecule has 7 nitrogen and oxygen atoms in total. The van der Waals surface area contributed by atoms with E-state index in [0.717, 1.165) is 11.1 Å². The Morgan fingerprint density at radius 2 is 1.49 bits per heavy atom. The highest BCUT2D eigenvalue weighted by Crippen LogP contribution is 2.31. The summed E-state index contributed by atoms with van der Waals surface area (Å²) in [5, 5.41) is 5.53. The second-order valence-corrected chi connectivity index (χ2v) is 9.10. The van der Waals surface area contributed by atoms with E-state index in [1.165, 1.54) is 6.08 Å². The predicted molar refractivity (Wildman–Crippen MR) is 161 cm³/mol. The average Bonchev–Trinajstić information content (AvgIpc) is 3.00. The summed E-state index contributed by atoms with van der Waals surface area (Å²) in [5.74, 6) is -0.0215. The first-order valence-corrected chi connectivity index (χ1v) is 12.9. The highest BCUT2D eigenvalue weighted by Gasteiger charge is 2.15. The second kappa shape index (κ2) is 13.6. The fourth-order valence-electron chi connectivity index (χ4n) is 4.09. The molecule has 0 aliphatic carbocycles. The quantitative estimate of drug-likeness (QED) is 0.179. The number of carbonyl (C=O) groups is 3. The number of aryl methyl sites for hydroxylation is 1. The number of hydrogen-bond donors (Lipinski definition) is 2. The molecule has 0 saturated heterocycles. The van der Waals surface area contributed by atoms with Gasteiger partial charge in [0.15, 0.2) is 17.3 Å². The molecule has 0 aliphatic heterocycles. The Kier molecular flexibility index (Phi) is 9.46. The van der Waals surface area contributed by atoms with Gasteiger partial charge in [-0.25, -0.2) is 0 Å². The number of nitrogens with one attached hydrogen (secondary N) is 2. The van der Waals surface area contributed by atoms with Crippen molar-refractivity contribution in [2.75, 3.05) is 19.5 Å². The van der Waals surface area contributed by atoms with Gasteiger partial charge in [-0.15, -0.1) is 0 Å². The number of anilines is 1. The Bertz CT molecular complexity index is 1610. The minimum atomic E-state index is -0.500. The van der Waals surface area contributed by atoms with Gasteiger partial charge in [-0.05, 0) is 73.2 Å². The van der Waals surface area contributed by atoms with Gasteiger partial charge in [0, 0.05) is 22.4 Å². The van der Waals surface area contributed by atoms with Crippen LogP contribution in [0.2, 0.25) is 0 Å². The molecule has 41 heavy (non-hydrogen) atoms. The molecule has 4 rings (SSSR count). The van der Waals surface area contributed by atoms with Crippen molar-refractivity contribution in [1.29, 1.82) is 0 Å². The van der Waals surface area contributed by atoms with Crippen molar-refractivity contribution in [3.63, 3.8) is 0 Å². The smallest absolute Gasteiger partial charge is 0.272 e. The Balaban J connectivity index is 1.50. The van der Waals surface area contributed by atoms with Gasteiger partial charge in [0.2, 0.25) is 0 Å². The molecule has 206 valence electrons. The van der Waals surface area contributed by atoms with Crippen LogP contribution in [-0.4, -0.2) is 31.8 Å². The lowest BCUT2D eigenvalue weighted by Gasteiger charge is -2.12. The van der Waals surface area contributed by atoms with E-state index in [4.69, 9.17) is 9.47 Å². The lowest BCUT2D eigenvalue weighted by atomic mass is 10.1. The van der Waals surface area contributed by atoms with Crippen LogP contribution < -0.4 is 20.1 Å². The first-order chi connectivity index (χ1) is 19.9. The molecule has 0 spiro atoms. The Morgan fingerprint density at radius 3 is 2.17 bits per heavy atom. The molecule has 0 atom stereocenters. The van der Waals surface area contributed by atoms with Crippen LogP contribution >= 0.6 is 0 Å². The maximum atomic E-state index is 13.3. The molecular weight excluding hydrogens is 516 g/mol. The number of carbonyl (C=O) groups excluding carboxylic acids is 3. The van der Waals surface area contributed by atoms with Gasteiger partial charge in [-0.2, -0.15) is 0 Å². The van der Waals surface area contributed by atoms with Crippen molar-refractivity contribution in [3.05, 3.63) is 137 Å². The maximum Gasteiger partial charge on any atom is 0.272 e. The third kappa shape index (κ3) is 7.58. The normalized spacial score (nSPS) is 11.1. The lowest BCUT2D eigenvalue weighted by molar-refractivity contribution is -0.113. The van der Waals surface area contributed by atoms with Crippen LogP contribution in [0, 0.1) is 6.92 Å². The van der Waals surface area contributed by atoms with Crippen LogP contribution in [0.5, 0.6) is 11.5 Å². The molecule has 4 aromatic rings. The highest BCUT2D eigenvalue weighted by atomic mass is 16.5. The van der Waals surface area contributed by atoms with E-state index >= 15 is 0 Å². The fourth-order valence-corrected chi connectivity index (χ4v) is 4.09. The molecule has 7 heteroatoms. The molecule has 0 fully saturated rings. The molecule has 0 unspecified atom stereocenters. The topological polar surface area (TPSA) is 93.7 Å². The first kappa shape index (κ1) is 28.6. The largest absolute Gasteiger partial charge is 0.493 e. The van der Waals surface area contributed by atoms with Gasteiger partial charge >= 0.3 is 0 Å². The van der Waals surface area contributed by atoms with Crippen LogP contribution in [0.25, 0.3) is 12.2 Å². The molecule has 0 bridgehead atoms. The Hall–Kier alpha value is -5.43. The minimum Gasteiger partial charge on any atom is -0.493 e. The van der Waals surface area contributed by atoms with Crippen LogP contribution in [0.1, 0.15) is 37.4 Å². The zero-order valence-electron chi connectivity index (χ0n) is 23.0. The van der Waals surface area contributed by atoms with Crippen molar-refractivity contribution >= 4 is 35.4 Å². The Labute approximate surface area is 239 Å². The standard InChI is InChI=1S/C34H30N2O5/c1-23-9-7-10-24(21-23)22-29(36-33(38)27-11-5-4-6-12-27)34(39)35-28-18-15-25(16-19-28)30(37)20-17-26-13-8-14-31(40-2)32(26)41-3/h4-22H,1-3H3,(H,35,39)(H,36,38)/b20-17+,29-22-. The number of methoxy groups -OCH3 is 2. The van der Waals surface area contributed by atoms with Crippen molar-refractivity contribution in [2.24, 2.45) is 0 Å². The molecule has 0 aliphatic rings. The van der Waals surface area contributed by atoms with Crippen LogP contribution in [0.3, 0.4) is 0 Å². The van der Waals surface area contributed by atoms with E-state index in [2.05, 4.69) is 10.6 Å². The van der Waals surface area contributed by atoms with Gasteiger partial charge in [-0.3, -0.25) is 14.4 Å². The number of amides is 2. The van der Waals surface area contributed by atoms with Crippen LogP contribution in [0.4, 0.5) is 5.69 Å². The number of benzene rings is 4. The fraction of sp³-hybridized carbons (Fsp3) is 0.0882. The summed E-state index contributed by atoms with van der Waals surface area (Å²) in [5.41, 5.74) is 3.91. The predicted octanol–water partition coefficient (Wildman–Crippen LogP) is 6.32. The molecular formula is C34H30N2O5. The van der Waals surface area contributed by atoms with E-state index in [1.54, 1.807) is 81.0 Å². The average molecular weight is 547 g/mol. The molecule has 0 saturated carbocycles. The van der Waals surface area contributed by atoms with E-state index in [-0.39, 0.29) is 11.5 Å². The monoisotopic (exact) mass is 546 g/mol. The molecule has 0 aromatic heterocycles. The zero-order chi connectivity index (χ0) is 29.2. The van der Waals surface area contributed by atoms with Gasteiger partial charge in [0.1, 0.15) is 5.70 Å². The number of para-hydroxylation sites is 1. The number of allylic oxidation sites excluding steroid dienone is 1. The van der Waals surface area contributed by atoms with Crippen molar-refractivity contribution in [3.8, 4) is 11.5 Å². The van der Waals surface area contributed by atoms with Crippen LogP contribution in [-0.2, 0) is 4.79 Å². The SMILES string of the molecule is COc1cccc(/C=C/C(=O)c2ccc(NC(=O)/C(=C/c3cccc(C)c3)NC(=O)c3ccccc3)cc2)c1OC. The summed E-state index contributed by atoms with van der Waals surface area (Å²) < 4.78 is 10.7. The molecule has 0 heterocycles. The zero-order valence-corrected chi connectivity index (χ0v) is 23.0. The summed E-state index contributed by atoms with van der Waals surface area (Å²) >= 11 is 0. The summed E-state index contributed by atoms with van der Waals surface area (Å²) in [7, 11) is 3.09. The molecule has 4 aromatic carbocycles. The van der Waals surface area contributed by atoms with Gasteiger partial charge in [-0.1, -0.05) is 60.2 Å².